The van der Waals surface area contributed by atoms with Gasteiger partial charge in [-0.2, -0.15) is 0 Å². The van der Waals surface area contributed by atoms with Crippen molar-refractivity contribution >= 4 is 35.4 Å². The van der Waals surface area contributed by atoms with Crippen molar-refractivity contribution in [3.63, 3.8) is 0 Å². The number of carboxylic acids is 1. The van der Waals surface area contributed by atoms with E-state index < -0.39 is 12.0 Å². The molecule has 2 rings (SSSR count). The van der Waals surface area contributed by atoms with Crippen LogP contribution in [0, 0.1) is 0 Å². The van der Waals surface area contributed by atoms with Gasteiger partial charge in [-0.15, -0.1) is 23.5 Å². The van der Waals surface area contributed by atoms with Crippen LogP contribution in [0.2, 0.25) is 0 Å². The van der Waals surface area contributed by atoms with Gasteiger partial charge < -0.3 is 10.0 Å². The van der Waals surface area contributed by atoms with E-state index in [1.807, 2.05) is 0 Å². The zero-order valence-electron chi connectivity index (χ0n) is 11.2. The Morgan fingerprint density at radius 2 is 2.11 bits per heavy atom. The van der Waals surface area contributed by atoms with Gasteiger partial charge in [-0.1, -0.05) is 19.8 Å². The van der Waals surface area contributed by atoms with Crippen LogP contribution in [0.4, 0.5) is 0 Å². The molecule has 0 radical (unpaired) electrons. The second-order valence-electron chi connectivity index (χ2n) is 5.03. The number of amides is 1. The van der Waals surface area contributed by atoms with E-state index in [-0.39, 0.29) is 16.5 Å². The van der Waals surface area contributed by atoms with Gasteiger partial charge in [-0.3, -0.25) is 4.79 Å². The highest BCUT2D eigenvalue weighted by Gasteiger charge is 2.43. The van der Waals surface area contributed by atoms with Crippen LogP contribution in [-0.2, 0) is 9.59 Å². The molecule has 6 heteroatoms. The number of carboxylic acid groups (broad SMARTS) is 1. The first kappa shape index (κ1) is 15.0. The minimum Gasteiger partial charge on any atom is -0.480 e. The molecule has 19 heavy (non-hydrogen) atoms. The Kier molecular flexibility index (Phi) is 5.45. The molecule has 2 aliphatic heterocycles. The Balaban J connectivity index is 2.10. The standard InChI is InChI=1S/C13H21NO3S2/c1-2-5-11-14(9(8-19-11)13(16)17)12(15)10-6-3-4-7-18-10/h9-11H,2-8H2,1H3,(H,16,17). The summed E-state index contributed by atoms with van der Waals surface area (Å²) < 4.78 is 0. The normalized spacial score (nSPS) is 31.4. The molecule has 1 N–H and O–H groups in total. The summed E-state index contributed by atoms with van der Waals surface area (Å²) in [6, 6.07) is -0.628. The van der Waals surface area contributed by atoms with E-state index in [0.29, 0.717) is 5.75 Å². The smallest absolute Gasteiger partial charge is 0.327 e. The highest BCUT2D eigenvalue weighted by Crippen LogP contribution is 2.36. The van der Waals surface area contributed by atoms with Gasteiger partial charge in [0, 0.05) is 5.75 Å². The molecule has 0 aromatic carbocycles. The molecule has 2 aliphatic rings. The largest absolute Gasteiger partial charge is 0.480 e. The molecule has 3 unspecified atom stereocenters. The maximum absolute atomic E-state index is 12.6. The van der Waals surface area contributed by atoms with Gasteiger partial charge in [-0.05, 0) is 25.0 Å². The topological polar surface area (TPSA) is 57.6 Å². The fourth-order valence-electron chi connectivity index (χ4n) is 2.62. The first-order valence-corrected chi connectivity index (χ1v) is 9.03. The van der Waals surface area contributed by atoms with E-state index in [1.54, 1.807) is 28.4 Å². The quantitative estimate of drug-likeness (QED) is 0.864. The Bertz CT molecular complexity index is 345. The molecule has 0 bridgehead atoms. The summed E-state index contributed by atoms with van der Waals surface area (Å²) in [5.74, 6) is 0.747. The summed E-state index contributed by atoms with van der Waals surface area (Å²) in [4.78, 5) is 25.6. The molecule has 4 nitrogen and oxygen atoms in total. The van der Waals surface area contributed by atoms with Gasteiger partial charge in [0.2, 0.25) is 5.91 Å². The Hall–Kier alpha value is -0.360. The first-order valence-electron chi connectivity index (χ1n) is 6.93. The molecule has 0 aromatic heterocycles. The lowest BCUT2D eigenvalue weighted by Gasteiger charge is -2.32. The molecule has 2 saturated heterocycles. The van der Waals surface area contributed by atoms with E-state index in [1.165, 1.54) is 6.42 Å². The van der Waals surface area contributed by atoms with Crippen molar-refractivity contribution in [3.8, 4) is 0 Å². The number of thioether (sulfide) groups is 2. The first-order chi connectivity index (χ1) is 9.15. The van der Waals surface area contributed by atoms with Crippen molar-refractivity contribution in [3.05, 3.63) is 0 Å². The van der Waals surface area contributed by atoms with Crippen LogP contribution in [0.5, 0.6) is 0 Å². The number of hydrogen-bond acceptors (Lipinski definition) is 4. The molecule has 2 heterocycles. The third-order valence-electron chi connectivity index (χ3n) is 3.62. The van der Waals surface area contributed by atoms with E-state index in [9.17, 15) is 14.7 Å². The van der Waals surface area contributed by atoms with Crippen molar-refractivity contribution < 1.29 is 14.7 Å². The van der Waals surface area contributed by atoms with E-state index >= 15 is 0 Å². The molecule has 0 saturated carbocycles. The molecule has 0 aromatic rings. The van der Waals surface area contributed by atoms with E-state index in [0.717, 1.165) is 31.4 Å². The van der Waals surface area contributed by atoms with Crippen LogP contribution in [0.3, 0.4) is 0 Å². The summed E-state index contributed by atoms with van der Waals surface area (Å²) in [7, 11) is 0. The predicted octanol–water partition coefficient (Wildman–Crippen LogP) is 2.43. The third kappa shape index (κ3) is 3.40. The number of carbonyl (C=O) groups excluding carboxylic acids is 1. The third-order valence-corrected chi connectivity index (χ3v) is 6.34. The number of aliphatic carboxylic acids is 1. The maximum atomic E-state index is 12.6. The maximum Gasteiger partial charge on any atom is 0.327 e. The number of rotatable bonds is 4. The van der Waals surface area contributed by atoms with Crippen LogP contribution >= 0.6 is 23.5 Å². The summed E-state index contributed by atoms with van der Waals surface area (Å²) in [5, 5.41) is 9.34. The lowest BCUT2D eigenvalue weighted by atomic mass is 10.1. The van der Waals surface area contributed by atoms with Gasteiger partial charge in [0.05, 0.1) is 10.6 Å². The zero-order chi connectivity index (χ0) is 13.8. The fraction of sp³-hybridized carbons (Fsp3) is 0.846. The average molecular weight is 303 g/mol. The zero-order valence-corrected chi connectivity index (χ0v) is 12.8. The molecule has 0 aliphatic carbocycles. The Morgan fingerprint density at radius 1 is 1.32 bits per heavy atom. The van der Waals surface area contributed by atoms with Gasteiger partial charge in [-0.25, -0.2) is 4.79 Å². The second-order valence-corrected chi connectivity index (χ2v) is 7.55. The van der Waals surface area contributed by atoms with E-state index in [2.05, 4.69) is 6.92 Å². The molecule has 0 spiro atoms. The second kappa shape index (κ2) is 6.88. The van der Waals surface area contributed by atoms with Gasteiger partial charge >= 0.3 is 5.97 Å². The molecule has 108 valence electrons. The Labute approximate surface area is 122 Å². The molecular weight excluding hydrogens is 282 g/mol. The van der Waals surface area contributed by atoms with Crippen molar-refractivity contribution in [1.82, 2.24) is 4.90 Å². The summed E-state index contributed by atoms with van der Waals surface area (Å²) >= 11 is 3.32. The highest BCUT2D eigenvalue weighted by molar-refractivity contribution is 8.01. The lowest BCUT2D eigenvalue weighted by molar-refractivity contribution is -0.149. The summed E-state index contributed by atoms with van der Waals surface area (Å²) in [5.41, 5.74) is 0. The molecular formula is C13H21NO3S2. The summed E-state index contributed by atoms with van der Waals surface area (Å²) in [6.07, 6.45) is 5.02. The predicted molar refractivity (Wildman–Crippen MR) is 79.5 cm³/mol. The number of carbonyl (C=O) groups is 2. The van der Waals surface area contributed by atoms with Gasteiger partial charge in [0.25, 0.3) is 0 Å². The van der Waals surface area contributed by atoms with Crippen molar-refractivity contribution in [2.45, 2.75) is 55.7 Å². The van der Waals surface area contributed by atoms with Crippen LogP contribution in [0.25, 0.3) is 0 Å². The Morgan fingerprint density at radius 3 is 2.68 bits per heavy atom. The minimum atomic E-state index is -0.861. The SMILES string of the molecule is CCCC1SCC(C(=O)O)N1C(=O)C1CCCCS1. The highest BCUT2D eigenvalue weighted by atomic mass is 32.2. The average Bonchev–Trinajstić information content (AvgIpc) is 2.83. The fourth-order valence-corrected chi connectivity index (χ4v) is 5.39. The van der Waals surface area contributed by atoms with Crippen LogP contribution in [0.15, 0.2) is 0 Å². The summed E-state index contributed by atoms with van der Waals surface area (Å²) in [6.45, 7) is 2.08. The molecule has 1 amide bonds. The van der Waals surface area contributed by atoms with Crippen molar-refractivity contribution in [2.75, 3.05) is 11.5 Å². The van der Waals surface area contributed by atoms with Crippen molar-refractivity contribution in [2.24, 2.45) is 0 Å². The number of hydrogen-bond donors (Lipinski definition) is 1. The monoisotopic (exact) mass is 303 g/mol. The molecule has 2 fully saturated rings. The molecule has 3 atom stereocenters. The lowest BCUT2D eigenvalue weighted by Crippen LogP contribution is -2.49. The van der Waals surface area contributed by atoms with E-state index in [4.69, 9.17) is 0 Å². The van der Waals surface area contributed by atoms with Crippen LogP contribution in [-0.4, -0.2) is 50.1 Å². The number of nitrogens with zero attached hydrogens (tertiary/aromatic N) is 1. The van der Waals surface area contributed by atoms with Crippen LogP contribution in [0.1, 0.15) is 39.0 Å². The van der Waals surface area contributed by atoms with Gasteiger partial charge in [0.1, 0.15) is 6.04 Å². The van der Waals surface area contributed by atoms with Crippen molar-refractivity contribution in [1.29, 1.82) is 0 Å². The van der Waals surface area contributed by atoms with Gasteiger partial charge in [0.15, 0.2) is 0 Å². The van der Waals surface area contributed by atoms with Crippen LogP contribution < -0.4 is 0 Å². The minimum absolute atomic E-state index is 0.0198.